The van der Waals surface area contributed by atoms with Gasteiger partial charge in [-0.15, -0.1) is 0 Å². The van der Waals surface area contributed by atoms with Crippen molar-refractivity contribution in [2.24, 2.45) is 0 Å². The number of hydrogen-bond acceptors (Lipinski definition) is 3. The second-order valence-electron chi connectivity index (χ2n) is 5.32. The molecule has 1 aliphatic heterocycles. The SMILES string of the molecule is CC(C)(C)OC(=O)NC1(CF)CCCNC1. The van der Waals surface area contributed by atoms with Crippen LogP contribution in [0.15, 0.2) is 0 Å². The summed E-state index contributed by atoms with van der Waals surface area (Å²) in [6, 6.07) is 0. The van der Waals surface area contributed by atoms with Crippen molar-refractivity contribution in [1.29, 1.82) is 0 Å². The van der Waals surface area contributed by atoms with E-state index >= 15 is 0 Å². The minimum Gasteiger partial charge on any atom is -0.444 e. The monoisotopic (exact) mass is 232 g/mol. The van der Waals surface area contributed by atoms with E-state index in [1.165, 1.54) is 0 Å². The zero-order chi connectivity index (χ0) is 12.2. The van der Waals surface area contributed by atoms with Gasteiger partial charge in [0.2, 0.25) is 0 Å². The van der Waals surface area contributed by atoms with Crippen LogP contribution in [0.2, 0.25) is 0 Å². The highest BCUT2D eigenvalue weighted by Crippen LogP contribution is 2.18. The van der Waals surface area contributed by atoms with E-state index in [-0.39, 0.29) is 0 Å². The summed E-state index contributed by atoms with van der Waals surface area (Å²) in [4.78, 5) is 11.6. The van der Waals surface area contributed by atoms with E-state index in [1.807, 2.05) is 0 Å². The normalized spacial score (nSPS) is 26.2. The summed E-state index contributed by atoms with van der Waals surface area (Å²) in [5, 5.41) is 5.72. The van der Waals surface area contributed by atoms with Crippen molar-refractivity contribution >= 4 is 6.09 Å². The van der Waals surface area contributed by atoms with Crippen molar-refractivity contribution in [1.82, 2.24) is 10.6 Å². The van der Waals surface area contributed by atoms with E-state index < -0.39 is 23.9 Å². The third-order valence-corrected chi connectivity index (χ3v) is 2.49. The van der Waals surface area contributed by atoms with Crippen molar-refractivity contribution in [2.45, 2.75) is 44.8 Å². The number of piperidine rings is 1. The lowest BCUT2D eigenvalue weighted by Gasteiger charge is -2.36. The molecule has 0 bridgehead atoms. The average Bonchev–Trinajstić information content (AvgIpc) is 2.16. The van der Waals surface area contributed by atoms with Crippen molar-refractivity contribution in [3.05, 3.63) is 0 Å². The molecule has 0 aromatic carbocycles. The highest BCUT2D eigenvalue weighted by Gasteiger charge is 2.35. The molecule has 0 aliphatic carbocycles. The number of ether oxygens (including phenoxy) is 1. The number of alkyl carbamates (subject to hydrolysis) is 1. The number of carbonyl (C=O) groups excluding carboxylic acids is 1. The van der Waals surface area contributed by atoms with Gasteiger partial charge < -0.3 is 15.4 Å². The van der Waals surface area contributed by atoms with Crippen LogP contribution in [0.25, 0.3) is 0 Å². The molecule has 0 saturated carbocycles. The van der Waals surface area contributed by atoms with Gasteiger partial charge in [0.15, 0.2) is 0 Å². The maximum Gasteiger partial charge on any atom is 0.408 e. The fraction of sp³-hybridized carbons (Fsp3) is 0.909. The number of halogens is 1. The third-order valence-electron chi connectivity index (χ3n) is 2.49. The molecule has 1 heterocycles. The van der Waals surface area contributed by atoms with E-state index in [0.717, 1.165) is 13.0 Å². The number of carbonyl (C=O) groups is 1. The summed E-state index contributed by atoms with van der Waals surface area (Å²) in [6.07, 6.45) is 0.962. The zero-order valence-electron chi connectivity index (χ0n) is 10.2. The molecule has 1 atom stereocenters. The van der Waals surface area contributed by atoms with Gasteiger partial charge in [-0.1, -0.05) is 0 Å². The van der Waals surface area contributed by atoms with Crippen LogP contribution in [0.3, 0.4) is 0 Å². The van der Waals surface area contributed by atoms with Gasteiger partial charge in [-0.05, 0) is 40.2 Å². The van der Waals surface area contributed by atoms with Crippen LogP contribution < -0.4 is 10.6 Å². The molecule has 0 spiro atoms. The first-order valence-corrected chi connectivity index (χ1v) is 5.65. The quantitative estimate of drug-likeness (QED) is 0.760. The van der Waals surface area contributed by atoms with Crippen molar-refractivity contribution in [2.75, 3.05) is 19.8 Å². The third kappa shape index (κ3) is 3.96. The lowest BCUT2D eigenvalue weighted by molar-refractivity contribution is 0.0410. The fourth-order valence-corrected chi connectivity index (χ4v) is 1.74. The van der Waals surface area contributed by atoms with Crippen LogP contribution in [0.5, 0.6) is 0 Å². The lowest BCUT2D eigenvalue weighted by atomic mass is 9.92. The Bertz CT molecular complexity index is 245. The summed E-state index contributed by atoms with van der Waals surface area (Å²) in [5.74, 6) is 0. The Balaban J connectivity index is 2.52. The smallest absolute Gasteiger partial charge is 0.408 e. The van der Waals surface area contributed by atoms with Crippen LogP contribution in [0.4, 0.5) is 9.18 Å². The van der Waals surface area contributed by atoms with Crippen LogP contribution >= 0.6 is 0 Å². The van der Waals surface area contributed by atoms with Crippen LogP contribution in [-0.2, 0) is 4.74 Å². The molecule has 1 amide bonds. The first-order valence-electron chi connectivity index (χ1n) is 5.65. The van der Waals surface area contributed by atoms with E-state index in [2.05, 4.69) is 10.6 Å². The molecule has 94 valence electrons. The summed E-state index contributed by atoms with van der Waals surface area (Å²) < 4.78 is 18.1. The Morgan fingerprint density at radius 1 is 1.56 bits per heavy atom. The number of nitrogens with one attached hydrogen (secondary N) is 2. The Kier molecular flexibility index (Phi) is 4.13. The van der Waals surface area contributed by atoms with E-state index in [1.54, 1.807) is 20.8 Å². The molecular weight excluding hydrogens is 211 g/mol. The minimum atomic E-state index is -0.791. The maximum atomic E-state index is 13.0. The molecule has 2 N–H and O–H groups in total. The minimum absolute atomic E-state index is 0.461. The van der Waals surface area contributed by atoms with E-state index in [0.29, 0.717) is 13.0 Å². The molecule has 1 unspecified atom stereocenters. The van der Waals surface area contributed by atoms with Gasteiger partial charge in [0.25, 0.3) is 0 Å². The molecule has 4 nitrogen and oxygen atoms in total. The van der Waals surface area contributed by atoms with Crippen molar-refractivity contribution < 1.29 is 13.9 Å². The fourth-order valence-electron chi connectivity index (χ4n) is 1.74. The van der Waals surface area contributed by atoms with Crippen molar-refractivity contribution in [3.63, 3.8) is 0 Å². The Labute approximate surface area is 95.9 Å². The molecule has 1 fully saturated rings. The number of amides is 1. The molecule has 0 aromatic rings. The maximum absolute atomic E-state index is 13.0. The zero-order valence-corrected chi connectivity index (χ0v) is 10.2. The van der Waals surface area contributed by atoms with Crippen LogP contribution in [0, 0.1) is 0 Å². The van der Waals surface area contributed by atoms with Gasteiger partial charge >= 0.3 is 6.09 Å². The second kappa shape index (κ2) is 4.99. The largest absolute Gasteiger partial charge is 0.444 e. The molecule has 1 saturated heterocycles. The molecular formula is C11H21FN2O2. The average molecular weight is 232 g/mol. The molecule has 5 heteroatoms. The van der Waals surface area contributed by atoms with Gasteiger partial charge in [-0.25, -0.2) is 9.18 Å². The van der Waals surface area contributed by atoms with E-state index in [9.17, 15) is 9.18 Å². The summed E-state index contributed by atoms with van der Waals surface area (Å²) in [5.41, 5.74) is -1.34. The molecule has 1 rings (SSSR count). The Morgan fingerprint density at radius 2 is 2.25 bits per heavy atom. The first-order chi connectivity index (χ1) is 7.37. The van der Waals surface area contributed by atoms with Crippen LogP contribution in [-0.4, -0.2) is 37.0 Å². The summed E-state index contributed by atoms with van der Waals surface area (Å²) in [7, 11) is 0. The van der Waals surface area contributed by atoms with Crippen molar-refractivity contribution in [3.8, 4) is 0 Å². The second-order valence-corrected chi connectivity index (χ2v) is 5.32. The van der Waals surface area contributed by atoms with Gasteiger partial charge in [0.05, 0.1) is 5.54 Å². The van der Waals surface area contributed by atoms with Gasteiger partial charge in [0, 0.05) is 6.54 Å². The van der Waals surface area contributed by atoms with Gasteiger partial charge in [-0.2, -0.15) is 0 Å². The topological polar surface area (TPSA) is 50.4 Å². The van der Waals surface area contributed by atoms with Gasteiger partial charge in [0.1, 0.15) is 12.3 Å². The standard InChI is InChI=1S/C11H21FN2O2/c1-10(2,3)16-9(15)14-11(7-12)5-4-6-13-8-11/h13H,4-8H2,1-3H3,(H,14,15). The van der Waals surface area contributed by atoms with E-state index in [4.69, 9.17) is 4.74 Å². The highest BCUT2D eigenvalue weighted by molar-refractivity contribution is 5.69. The molecule has 1 aliphatic rings. The first kappa shape index (κ1) is 13.2. The van der Waals surface area contributed by atoms with Crippen LogP contribution in [0.1, 0.15) is 33.6 Å². The number of alkyl halides is 1. The summed E-state index contributed by atoms with van der Waals surface area (Å²) in [6.45, 7) is 6.12. The Hall–Kier alpha value is -0.840. The number of rotatable bonds is 2. The number of hydrogen-bond donors (Lipinski definition) is 2. The Morgan fingerprint density at radius 3 is 2.69 bits per heavy atom. The predicted octanol–water partition coefficient (Wildman–Crippen LogP) is 1.60. The predicted molar refractivity (Wildman–Crippen MR) is 60.2 cm³/mol. The molecule has 0 aromatic heterocycles. The highest BCUT2D eigenvalue weighted by atomic mass is 19.1. The lowest BCUT2D eigenvalue weighted by Crippen LogP contribution is -2.59. The molecule has 0 radical (unpaired) electrons. The summed E-state index contributed by atoms with van der Waals surface area (Å²) >= 11 is 0. The molecule has 16 heavy (non-hydrogen) atoms. The van der Waals surface area contributed by atoms with Gasteiger partial charge in [-0.3, -0.25) is 0 Å².